The average molecular weight is 236 g/mol. The molecular weight excluding hydrogens is 220 g/mol. The van der Waals surface area contributed by atoms with E-state index in [9.17, 15) is 9.59 Å². The summed E-state index contributed by atoms with van der Waals surface area (Å²) in [6.07, 6.45) is 0. The standard InChI is InChI=1S/C8H16N2O2S2/c1-5(2)13-9-7(11)8(12)10-14-6(3)4/h5-6H,1-4H3,(H,9,11)(H,10,12). The topological polar surface area (TPSA) is 58.2 Å². The fourth-order valence-electron chi connectivity index (χ4n) is 0.435. The highest BCUT2D eigenvalue weighted by atomic mass is 32.2. The summed E-state index contributed by atoms with van der Waals surface area (Å²) in [6.45, 7) is 7.74. The molecule has 0 radical (unpaired) electrons. The lowest BCUT2D eigenvalue weighted by Crippen LogP contribution is -2.34. The summed E-state index contributed by atoms with van der Waals surface area (Å²) in [6, 6.07) is 0. The van der Waals surface area contributed by atoms with Crippen molar-refractivity contribution in [2.45, 2.75) is 38.2 Å². The van der Waals surface area contributed by atoms with Crippen LogP contribution in [-0.4, -0.2) is 22.3 Å². The number of carbonyl (C=O) groups excluding carboxylic acids is 2. The molecule has 6 heteroatoms. The molecule has 0 saturated carbocycles. The fraction of sp³-hybridized carbons (Fsp3) is 0.750. The molecule has 0 aliphatic heterocycles. The normalized spacial score (nSPS) is 10.4. The smallest absolute Gasteiger partial charge is 0.292 e. The van der Waals surface area contributed by atoms with Crippen molar-refractivity contribution in [3.05, 3.63) is 0 Å². The lowest BCUT2D eigenvalue weighted by molar-refractivity contribution is -0.136. The van der Waals surface area contributed by atoms with Crippen LogP contribution in [0.1, 0.15) is 27.7 Å². The number of carbonyl (C=O) groups is 2. The Morgan fingerprint density at radius 1 is 0.857 bits per heavy atom. The molecule has 0 aromatic carbocycles. The van der Waals surface area contributed by atoms with Crippen LogP contribution in [0, 0.1) is 0 Å². The van der Waals surface area contributed by atoms with Gasteiger partial charge in [0, 0.05) is 10.5 Å². The summed E-state index contributed by atoms with van der Waals surface area (Å²) < 4.78 is 4.92. The summed E-state index contributed by atoms with van der Waals surface area (Å²) in [5, 5.41) is 0.536. The van der Waals surface area contributed by atoms with E-state index in [-0.39, 0.29) is 10.5 Å². The molecule has 0 spiro atoms. The van der Waals surface area contributed by atoms with Crippen LogP contribution in [0.25, 0.3) is 0 Å². The Labute approximate surface area is 93.2 Å². The molecule has 4 nitrogen and oxygen atoms in total. The van der Waals surface area contributed by atoms with Crippen LogP contribution in [0.5, 0.6) is 0 Å². The molecule has 2 amide bonds. The fourth-order valence-corrected chi connectivity index (χ4v) is 1.31. The molecule has 14 heavy (non-hydrogen) atoms. The maximum Gasteiger partial charge on any atom is 0.320 e. The van der Waals surface area contributed by atoms with Crippen molar-refractivity contribution in [2.75, 3.05) is 0 Å². The van der Waals surface area contributed by atoms with E-state index in [1.807, 2.05) is 27.7 Å². The van der Waals surface area contributed by atoms with Gasteiger partial charge in [-0.25, -0.2) is 0 Å². The average Bonchev–Trinajstić information content (AvgIpc) is 2.09. The van der Waals surface area contributed by atoms with Gasteiger partial charge in [0.2, 0.25) is 0 Å². The summed E-state index contributed by atoms with van der Waals surface area (Å²) in [7, 11) is 0. The van der Waals surface area contributed by atoms with Crippen LogP contribution in [0.3, 0.4) is 0 Å². The van der Waals surface area contributed by atoms with E-state index in [1.54, 1.807) is 0 Å². The molecule has 0 aromatic rings. The molecule has 82 valence electrons. The van der Waals surface area contributed by atoms with E-state index in [1.165, 1.54) is 23.9 Å². The van der Waals surface area contributed by atoms with Gasteiger partial charge in [0.05, 0.1) is 0 Å². The Balaban J connectivity index is 3.71. The van der Waals surface area contributed by atoms with Crippen molar-refractivity contribution in [1.29, 1.82) is 0 Å². The molecule has 0 atom stereocenters. The third-order valence-corrected chi connectivity index (χ3v) is 2.53. The molecule has 2 N–H and O–H groups in total. The van der Waals surface area contributed by atoms with E-state index in [0.29, 0.717) is 0 Å². The molecule has 0 aliphatic rings. The van der Waals surface area contributed by atoms with Gasteiger partial charge in [0.25, 0.3) is 0 Å². The number of nitrogens with one attached hydrogen (secondary N) is 2. The van der Waals surface area contributed by atoms with Crippen LogP contribution < -0.4 is 9.44 Å². The monoisotopic (exact) mass is 236 g/mol. The van der Waals surface area contributed by atoms with Crippen molar-refractivity contribution in [3.8, 4) is 0 Å². The first-order valence-corrected chi connectivity index (χ1v) is 6.11. The van der Waals surface area contributed by atoms with Gasteiger partial charge in [-0.2, -0.15) is 0 Å². The summed E-state index contributed by atoms with van der Waals surface area (Å²) in [5.74, 6) is -1.20. The zero-order valence-electron chi connectivity index (χ0n) is 8.79. The number of hydrogen-bond donors (Lipinski definition) is 2. The highest BCUT2D eigenvalue weighted by molar-refractivity contribution is 7.99. The molecule has 0 aromatic heterocycles. The predicted molar refractivity (Wildman–Crippen MR) is 61.7 cm³/mol. The summed E-state index contributed by atoms with van der Waals surface area (Å²) >= 11 is 2.46. The van der Waals surface area contributed by atoms with E-state index in [2.05, 4.69) is 9.44 Å². The Hall–Kier alpha value is -0.360. The highest BCUT2D eigenvalue weighted by Crippen LogP contribution is 2.05. The first-order valence-electron chi connectivity index (χ1n) is 4.35. The van der Waals surface area contributed by atoms with Crippen molar-refractivity contribution in [3.63, 3.8) is 0 Å². The molecule has 0 saturated heterocycles. The predicted octanol–water partition coefficient (Wildman–Crippen LogP) is 1.33. The zero-order chi connectivity index (χ0) is 11.1. The molecule has 0 fully saturated rings. The Morgan fingerprint density at radius 3 is 1.36 bits per heavy atom. The van der Waals surface area contributed by atoms with Gasteiger partial charge in [-0.15, -0.1) is 0 Å². The molecular formula is C8H16N2O2S2. The van der Waals surface area contributed by atoms with E-state index >= 15 is 0 Å². The van der Waals surface area contributed by atoms with E-state index in [4.69, 9.17) is 0 Å². The maximum atomic E-state index is 11.1. The molecule has 0 unspecified atom stereocenters. The largest absolute Gasteiger partial charge is 0.320 e. The second-order valence-electron chi connectivity index (χ2n) is 3.20. The van der Waals surface area contributed by atoms with Gasteiger partial charge >= 0.3 is 11.8 Å². The second kappa shape index (κ2) is 7.00. The lowest BCUT2D eigenvalue weighted by atomic mass is 10.6. The number of hydrogen-bond acceptors (Lipinski definition) is 4. The number of amides is 2. The van der Waals surface area contributed by atoms with E-state index < -0.39 is 11.8 Å². The molecule has 0 rings (SSSR count). The quantitative estimate of drug-likeness (QED) is 0.571. The van der Waals surface area contributed by atoms with Gasteiger partial charge in [0.15, 0.2) is 0 Å². The van der Waals surface area contributed by atoms with Crippen molar-refractivity contribution >= 4 is 35.7 Å². The summed E-state index contributed by atoms with van der Waals surface area (Å²) in [5.41, 5.74) is 0. The van der Waals surface area contributed by atoms with Gasteiger partial charge in [0.1, 0.15) is 0 Å². The zero-order valence-corrected chi connectivity index (χ0v) is 10.4. The van der Waals surface area contributed by atoms with Gasteiger partial charge in [-0.05, 0) is 23.9 Å². The lowest BCUT2D eigenvalue weighted by Gasteiger charge is -2.07. The number of rotatable bonds is 4. The highest BCUT2D eigenvalue weighted by Gasteiger charge is 2.13. The van der Waals surface area contributed by atoms with Crippen LogP contribution in [0.2, 0.25) is 0 Å². The van der Waals surface area contributed by atoms with Crippen molar-refractivity contribution < 1.29 is 9.59 Å². The minimum Gasteiger partial charge on any atom is -0.292 e. The van der Waals surface area contributed by atoms with Gasteiger partial charge < -0.3 is 0 Å². The van der Waals surface area contributed by atoms with Crippen LogP contribution in [-0.2, 0) is 9.59 Å². The SMILES string of the molecule is CC(C)SNC(=O)C(=O)NSC(C)C. The molecule has 0 heterocycles. The van der Waals surface area contributed by atoms with E-state index in [0.717, 1.165) is 0 Å². The van der Waals surface area contributed by atoms with Crippen LogP contribution in [0.4, 0.5) is 0 Å². The minimum absolute atomic E-state index is 0.268. The second-order valence-corrected chi connectivity index (χ2v) is 5.96. The Morgan fingerprint density at radius 2 is 1.14 bits per heavy atom. The first-order chi connectivity index (χ1) is 6.43. The van der Waals surface area contributed by atoms with Gasteiger partial charge in [-0.3, -0.25) is 19.0 Å². The third-order valence-electron chi connectivity index (χ3n) is 0.981. The molecule has 0 aliphatic carbocycles. The van der Waals surface area contributed by atoms with Crippen molar-refractivity contribution in [2.24, 2.45) is 0 Å². The van der Waals surface area contributed by atoms with Gasteiger partial charge in [-0.1, -0.05) is 27.7 Å². The first kappa shape index (κ1) is 13.6. The van der Waals surface area contributed by atoms with Crippen LogP contribution in [0.15, 0.2) is 0 Å². The van der Waals surface area contributed by atoms with Crippen LogP contribution >= 0.6 is 23.9 Å². The Kier molecular flexibility index (Phi) is 6.82. The van der Waals surface area contributed by atoms with Crippen molar-refractivity contribution in [1.82, 2.24) is 9.44 Å². The minimum atomic E-state index is -0.600. The Bertz CT molecular complexity index is 186. The maximum absolute atomic E-state index is 11.1. The third kappa shape index (κ3) is 7.08. The summed E-state index contributed by atoms with van der Waals surface area (Å²) in [4.78, 5) is 22.2. The molecule has 0 bridgehead atoms.